The monoisotopic (exact) mass is 279 g/mol. The molecule has 5 nitrogen and oxygen atoms in total. The summed E-state index contributed by atoms with van der Waals surface area (Å²) in [4.78, 5) is 16.7. The van der Waals surface area contributed by atoms with Crippen molar-refractivity contribution in [3.8, 4) is 0 Å². The third kappa shape index (κ3) is 3.61. The number of aryl methyl sites for hydroxylation is 1. The highest BCUT2D eigenvalue weighted by Gasteiger charge is 2.26. The van der Waals surface area contributed by atoms with E-state index in [2.05, 4.69) is 18.9 Å². The van der Waals surface area contributed by atoms with Crippen molar-refractivity contribution in [1.82, 2.24) is 9.80 Å². The molecule has 0 radical (unpaired) electrons. The number of hydrogen-bond acceptors (Lipinski definition) is 4. The number of furan rings is 1. The second-order valence-corrected chi connectivity index (χ2v) is 5.49. The standard InChI is InChI=1S/C15H25N3O2/c1-3-13-4-5-14(20-13)10-12(11-16)15(19)18-8-6-17(2)7-9-18/h4-5,12H,3,6-11,16H2,1-2H3. The summed E-state index contributed by atoms with van der Waals surface area (Å²) in [6.07, 6.45) is 1.47. The molecule has 5 heteroatoms. The van der Waals surface area contributed by atoms with E-state index in [9.17, 15) is 4.79 Å². The Bertz CT molecular complexity index is 436. The Morgan fingerprint density at radius 2 is 1.95 bits per heavy atom. The van der Waals surface area contributed by atoms with Crippen LogP contribution in [0.2, 0.25) is 0 Å². The molecule has 0 saturated carbocycles. The Hall–Kier alpha value is -1.33. The van der Waals surface area contributed by atoms with Gasteiger partial charge in [0, 0.05) is 45.6 Å². The maximum atomic E-state index is 12.5. The topological polar surface area (TPSA) is 62.7 Å². The molecule has 0 spiro atoms. The van der Waals surface area contributed by atoms with E-state index in [0.29, 0.717) is 13.0 Å². The Labute approximate surface area is 120 Å². The van der Waals surface area contributed by atoms with Crippen molar-refractivity contribution in [2.24, 2.45) is 11.7 Å². The molecule has 2 N–H and O–H groups in total. The SMILES string of the molecule is CCc1ccc(CC(CN)C(=O)N2CCN(C)CC2)o1. The van der Waals surface area contributed by atoms with Crippen LogP contribution in [-0.2, 0) is 17.6 Å². The van der Waals surface area contributed by atoms with Gasteiger partial charge < -0.3 is 20.0 Å². The molecular formula is C15H25N3O2. The molecule has 1 aliphatic rings. The molecule has 1 aliphatic heterocycles. The van der Waals surface area contributed by atoms with Gasteiger partial charge in [-0.1, -0.05) is 6.92 Å². The molecular weight excluding hydrogens is 254 g/mol. The minimum atomic E-state index is -0.172. The fourth-order valence-corrected chi connectivity index (χ4v) is 2.52. The third-order valence-corrected chi connectivity index (χ3v) is 3.96. The summed E-state index contributed by atoms with van der Waals surface area (Å²) in [5, 5.41) is 0. The van der Waals surface area contributed by atoms with Crippen molar-refractivity contribution >= 4 is 5.91 Å². The van der Waals surface area contributed by atoms with Gasteiger partial charge in [-0.2, -0.15) is 0 Å². The Morgan fingerprint density at radius 1 is 1.30 bits per heavy atom. The zero-order valence-electron chi connectivity index (χ0n) is 12.5. The lowest BCUT2D eigenvalue weighted by Gasteiger charge is -2.34. The van der Waals surface area contributed by atoms with E-state index < -0.39 is 0 Å². The molecule has 1 saturated heterocycles. The van der Waals surface area contributed by atoms with Gasteiger partial charge in [0.15, 0.2) is 0 Å². The smallest absolute Gasteiger partial charge is 0.227 e. The Kier molecular flexibility index (Phi) is 5.20. The first-order valence-electron chi connectivity index (χ1n) is 7.39. The highest BCUT2D eigenvalue weighted by molar-refractivity contribution is 5.79. The average Bonchev–Trinajstić information content (AvgIpc) is 2.92. The first kappa shape index (κ1) is 15.1. The second kappa shape index (κ2) is 6.90. The van der Waals surface area contributed by atoms with E-state index in [1.54, 1.807) is 0 Å². The minimum Gasteiger partial charge on any atom is -0.466 e. The molecule has 1 aromatic heterocycles. The fraction of sp³-hybridized carbons (Fsp3) is 0.667. The van der Waals surface area contributed by atoms with E-state index in [4.69, 9.17) is 10.2 Å². The van der Waals surface area contributed by atoms with Gasteiger partial charge in [-0.05, 0) is 19.2 Å². The summed E-state index contributed by atoms with van der Waals surface area (Å²) in [6.45, 7) is 5.88. The number of rotatable bonds is 5. The maximum Gasteiger partial charge on any atom is 0.227 e. The Balaban J connectivity index is 1.95. The van der Waals surface area contributed by atoms with E-state index in [0.717, 1.165) is 44.1 Å². The number of likely N-dealkylation sites (N-methyl/N-ethyl adjacent to an activating group) is 1. The van der Waals surface area contributed by atoms with E-state index >= 15 is 0 Å². The van der Waals surface area contributed by atoms with Crippen molar-refractivity contribution in [1.29, 1.82) is 0 Å². The van der Waals surface area contributed by atoms with Crippen LogP contribution in [0.4, 0.5) is 0 Å². The number of piperazine rings is 1. The van der Waals surface area contributed by atoms with E-state index in [1.165, 1.54) is 0 Å². The number of carbonyl (C=O) groups is 1. The summed E-state index contributed by atoms with van der Waals surface area (Å²) in [5.41, 5.74) is 5.80. The van der Waals surface area contributed by atoms with Crippen LogP contribution in [0.25, 0.3) is 0 Å². The van der Waals surface area contributed by atoms with Gasteiger partial charge in [0.2, 0.25) is 5.91 Å². The molecule has 0 aromatic carbocycles. The molecule has 112 valence electrons. The van der Waals surface area contributed by atoms with Crippen molar-refractivity contribution in [3.63, 3.8) is 0 Å². The van der Waals surface area contributed by atoms with Crippen LogP contribution in [0.15, 0.2) is 16.5 Å². The quantitative estimate of drug-likeness (QED) is 0.863. The number of nitrogens with two attached hydrogens (primary N) is 1. The Morgan fingerprint density at radius 3 is 2.50 bits per heavy atom. The lowest BCUT2D eigenvalue weighted by Crippen LogP contribution is -2.50. The zero-order chi connectivity index (χ0) is 14.5. The van der Waals surface area contributed by atoms with Gasteiger partial charge in [-0.25, -0.2) is 0 Å². The largest absolute Gasteiger partial charge is 0.466 e. The minimum absolute atomic E-state index is 0.162. The molecule has 0 aliphatic carbocycles. The van der Waals surface area contributed by atoms with Gasteiger partial charge in [0.1, 0.15) is 11.5 Å². The van der Waals surface area contributed by atoms with Crippen LogP contribution < -0.4 is 5.73 Å². The first-order valence-corrected chi connectivity index (χ1v) is 7.39. The number of carbonyl (C=O) groups excluding carboxylic acids is 1. The lowest BCUT2D eigenvalue weighted by molar-refractivity contribution is -0.136. The van der Waals surface area contributed by atoms with E-state index in [1.807, 2.05) is 17.0 Å². The van der Waals surface area contributed by atoms with Crippen molar-refractivity contribution in [2.45, 2.75) is 19.8 Å². The molecule has 20 heavy (non-hydrogen) atoms. The van der Waals surface area contributed by atoms with Crippen LogP contribution in [0, 0.1) is 5.92 Å². The predicted molar refractivity (Wildman–Crippen MR) is 78.4 cm³/mol. The molecule has 2 heterocycles. The van der Waals surface area contributed by atoms with Gasteiger partial charge in [-0.15, -0.1) is 0 Å². The van der Waals surface area contributed by atoms with Gasteiger partial charge >= 0.3 is 0 Å². The number of amides is 1. The molecule has 1 unspecified atom stereocenters. The highest BCUT2D eigenvalue weighted by Crippen LogP contribution is 2.16. The highest BCUT2D eigenvalue weighted by atomic mass is 16.3. The molecule has 2 rings (SSSR count). The molecule has 1 atom stereocenters. The summed E-state index contributed by atoms with van der Waals surface area (Å²) in [5.74, 6) is 1.81. The molecule has 1 aromatic rings. The molecule has 0 bridgehead atoms. The lowest BCUT2D eigenvalue weighted by atomic mass is 10.0. The van der Waals surface area contributed by atoms with Gasteiger partial charge in [0.25, 0.3) is 0 Å². The molecule has 1 amide bonds. The van der Waals surface area contributed by atoms with Crippen LogP contribution in [0.3, 0.4) is 0 Å². The van der Waals surface area contributed by atoms with Crippen LogP contribution >= 0.6 is 0 Å². The number of hydrogen-bond donors (Lipinski definition) is 1. The van der Waals surface area contributed by atoms with E-state index in [-0.39, 0.29) is 11.8 Å². The van der Waals surface area contributed by atoms with Gasteiger partial charge in [0.05, 0.1) is 5.92 Å². The number of nitrogens with zero attached hydrogens (tertiary/aromatic N) is 2. The normalized spacial score (nSPS) is 18.2. The van der Waals surface area contributed by atoms with Crippen molar-refractivity contribution in [2.75, 3.05) is 39.8 Å². The summed E-state index contributed by atoms with van der Waals surface area (Å²) < 4.78 is 5.69. The van der Waals surface area contributed by atoms with Crippen LogP contribution in [0.5, 0.6) is 0 Å². The van der Waals surface area contributed by atoms with Crippen LogP contribution in [0.1, 0.15) is 18.4 Å². The second-order valence-electron chi connectivity index (χ2n) is 5.49. The summed E-state index contributed by atoms with van der Waals surface area (Å²) >= 11 is 0. The zero-order valence-corrected chi connectivity index (χ0v) is 12.5. The van der Waals surface area contributed by atoms with Gasteiger partial charge in [-0.3, -0.25) is 4.79 Å². The average molecular weight is 279 g/mol. The van der Waals surface area contributed by atoms with Crippen molar-refractivity contribution in [3.05, 3.63) is 23.7 Å². The first-order chi connectivity index (χ1) is 9.63. The molecule has 1 fully saturated rings. The maximum absolute atomic E-state index is 12.5. The third-order valence-electron chi connectivity index (χ3n) is 3.96. The van der Waals surface area contributed by atoms with Crippen LogP contribution in [-0.4, -0.2) is 55.5 Å². The van der Waals surface area contributed by atoms with Crippen molar-refractivity contribution < 1.29 is 9.21 Å². The fourth-order valence-electron chi connectivity index (χ4n) is 2.52. The summed E-state index contributed by atoms with van der Waals surface area (Å²) in [7, 11) is 2.08. The predicted octanol–water partition coefficient (Wildman–Crippen LogP) is 0.733. The summed E-state index contributed by atoms with van der Waals surface area (Å²) in [6, 6.07) is 3.93.